The number of benzene rings is 1. The van der Waals surface area contributed by atoms with Crippen molar-refractivity contribution < 1.29 is 24.5 Å². The van der Waals surface area contributed by atoms with Gasteiger partial charge in [-0.15, -0.1) is 0 Å². The number of hydrogen-bond donors (Lipinski definition) is 2. The molecule has 0 saturated heterocycles. The van der Waals surface area contributed by atoms with Crippen molar-refractivity contribution in [2.45, 2.75) is 0 Å². The quantitative estimate of drug-likeness (QED) is 0.856. The zero-order valence-corrected chi connectivity index (χ0v) is 9.66. The maximum atomic E-state index is 11.0. The van der Waals surface area contributed by atoms with Gasteiger partial charge in [0.25, 0.3) is 0 Å². The summed E-state index contributed by atoms with van der Waals surface area (Å²) in [5.74, 6) is -0.343. The lowest BCUT2D eigenvalue weighted by Gasteiger charge is -2.05. The van der Waals surface area contributed by atoms with Gasteiger partial charge in [-0.1, -0.05) is 0 Å². The first-order valence-electron chi connectivity index (χ1n) is 5.47. The number of hydrogen-bond acceptors (Lipinski definition) is 5. The second-order valence-electron chi connectivity index (χ2n) is 3.96. The van der Waals surface area contributed by atoms with E-state index in [1.54, 1.807) is 18.2 Å². The molecule has 96 valence electrons. The lowest BCUT2D eigenvalue weighted by molar-refractivity contribution is 0.0693. The van der Waals surface area contributed by atoms with Crippen LogP contribution in [0, 0.1) is 0 Å². The van der Waals surface area contributed by atoms with Crippen molar-refractivity contribution in [2.75, 3.05) is 6.79 Å². The molecule has 19 heavy (non-hydrogen) atoms. The van der Waals surface area contributed by atoms with E-state index < -0.39 is 5.97 Å². The van der Waals surface area contributed by atoms with E-state index in [1.165, 1.54) is 6.07 Å². The van der Waals surface area contributed by atoms with Crippen molar-refractivity contribution in [3.63, 3.8) is 0 Å². The van der Waals surface area contributed by atoms with Crippen molar-refractivity contribution in [1.82, 2.24) is 4.98 Å². The van der Waals surface area contributed by atoms with E-state index in [4.69, 9.17) is 14.6 Å². The fraction of sp³-hybridized carbons (Fsp3) is 0.0769. The number of carboxylic acid groups (broad SMARTS) is 1. The van der Waals surface area contributed by atoms with Gasteiger partial charge in [0.05, 0.1) is 11.9 Å². The maximum absolute atomic E-state index is 11.0. The molecule has 0 saturated carbocycles. The molecule has 3 rings (SSSR count). The summed E-state index contributed by atoms with van der Waals surface area (Å²) in [6.07, 6.45) is 1.11. The number of carbonyl (C=O) groups is 1. The molecule has 0 radical (unpaired) electrons. The third kappa shape index (κ3) is 1.93. The zero-order valence-electron chi connectivity index (χ0n) is 9.66. The largest absolute Gasteiger partial charge is 0.505 e. The third-order valence-corrected chi connectivity index (χ3v) is 2.78. The normalized spacial score (nSPS) is 12.4. The van der Waals surface area contributed by atoms with Crippen molar-refractivity contribution in [2.24, 2.45) is 0 Å². The smallest absolute Gasteiger partial charge is 0.339 e. The number of aromatic hydroxyl groups is 1. The topological polar surface area (TPSA) is 88.9 Å². The average molecular weight is 259 g/mol. The molecule has 2 heterocycles. The van der Waals surface area contributed by atoms with Crippen LogP contribution in [0.15, 0.2) is 30.5 Å². The molecule has 1 aromatic heterocycles. The molecule has 2 N–H and O–H groups in total. The minimum atomic E-state index is -1.21. The summed E-state index contributed by atoms with van der Waals surface area (Å²) in [4.78, 5) is 15.0. The van der Waals surface area contributed by atoms with Gasteiger partial charge in [-0.05, 0) is 24.3 Å². The number of fused-ring (bicyclic) bond motifs is 1. The van der Waals surface area contributed by atoms with Crippen LogP contribution in [0.5, 0.6) is 17.2 Å². The second kappa shape index (κ2) is 4.16. The van der Waals surface area contributed by atoms with Crippen LogP contribution in [0.1, 0.15) is 10.4 Å². The molecular formula is C13H9NO5. The molecule has 1 aliphatic heterocycles. The number of nitrogens with zero attached hydrogens (tertiary/aromatic N) is 1. The molecular weight excluding hydrogens is 250 g/mol. The van der Waals surface area contributed by atoms with E-state index in [9.17, 15) is 9.90 Å². The van der Waals surface area contributed by atoms with E-state index in [0.717, 1.165) is 6.20 Å². The second-order valence-corrected chi connectivity index (χ2v) is 3.96. The Morgan fingerprint density at radius 1 is 1.21 bits per heavy atom. The van der Waals surface area contributed by atoms with Gasteiger partial charge in [0.2, 0.25) is 6.79 Å². The van der Waals surface area contributed by atoms with Gasteiger partial charge < -0.3 is 19.7 Å². The number of ether oxygens (including phenoxy) is 2. The number of rotatable bonds is 2. The summed E-state index contributed by atoms with van der Waals surface area (Å²) in [6.45, 7) is 0.169. The Hall–Kier alpha value is -2.76. The molecule has 2 aromatic rings. The highest BCUT2D eigenvalue weighted by Gasteiger charge is 2.16. The van der Waals surface area contributed by atoms with Crippen LogP contribution >= 0.6 is 0 Å². The van der Waals surface area contributed by atoms with Crippen molar-refractivity contribution >= 4 is 5.97 Å². The predicted octanol–water partition coefficient (Wildman–Crippen LogP) is 1.88. The van der Waals surface area contributed by atoms with Gasteiger partial charge in [0, 0.05) is 5.56 Å². The van der Waals surface area contributed by atoms with Gasteiger partial charge in [0.1, 0.15) is 11.3 Å². The SMILES string of the molecule is O=C(O)c1cc(-c2ccc3c(c2)OCO3)ncc1O. The minimum absolute atomic E-state index is 0.169. The highest BCUT2D eigenvalue weighted by molar-refractivity contribution is 5.91. The number of carboxylic acids is 1. The first kappa shape index (κ1) is 11.3. The number of aromatic carboxylic acids is 1. The molecule has 0 amide bonds. The molecule has 1 aromatic carbocycles. The van der Waals surface area contributed by atoms with Crippen LogP contribution in [0.3, 0.4) is 0 Å². The summed E-state index contributed by atoms with van der Waals surface area (Å²) in [6, 6.07) is 6.51. The van der Waals surface area contributed by atoms with Crippen LogP contribution in [0.4, 0.5) is 0 Å². The first-order chi connectivity index (χ1) is 9.15. The van der Waals surface area contributed by atoms with Crippen molar-refractivity contribution in [3.05, 3.63) is 36.0 Å². The fourth-order valence-electron chi connectivity index (χ4n) is 1.83. The Morgan fingerprint density at radius 3 is 2.79 bits per heavy atom. The molecule has 0 unspecified atom stereocenters. The van der Waals surface area contributed by atoms with Gasteiger partial charge >= 0.3 is 5.97 Å². The zero-order chi connectivity index (χ0) is 13.4. The van der Waals surface area contributed by atoms with E-state index >= 15 is 0 Å². The summed E-state index contributed by atoms with van der Waals surface area (Å²) >= 11 is 0. The van der Waals surface area contributed by atoms with Crippen LogP contribution < -0.4 is 9.47 Å². The first-order valence-corrected chi connectivity index (χ1v) is 5.47. The van der Waals surface area contributed by atoms with Crippen LogP contribution in [-0.4, -0.2) is 28.0 Å². The molecule has 0 fully saturated rings. The molecule has 1 aliphatic rings. The Balaban J connectivity index is 2.07. The Morgan fingerprint density at radius 2 is 2.00 bits per heavy atom. The number of aromatic nitrogens is 1. The molecule has 6 heteroatoms. The van der Waals surface area contributed by atoms with Crippen LogP contribution in [0.25, 0.3) is 11.3 Å². The monoisotopic (exact) mass is 259 g/mol. The highest BCUT2D eigenvalue weighted by Crippen LogP contribution is 2.35. The van der Waals surface area contributed by atoms with Crippen LogP contribution in [0.2, 0.25) is 0 Å². The maximum Gasteiger partial charge on any atom is 0.339 e. The molecule has 0 bridgehead atoms. The molecule has 0 aliphatic carbocycles. The van der Waals surface area contributed by atoms with Gasteiger partial charge in [-0.2, -0.15) is 0 Å². The summed E-state index contributed by atoms with van der Waals surface area (Å²) in [5.41, 5.74) is 0.933. The molecule has 0 spiro atoms. The summed E-state index contributed by atoms with van der Waals surface area (Å²) in [7, 11) is 0. The standard InChI is InChI=1S/C13H9NO5/c15-10-5-14-9(4-8(10)13(16)17)7-1-2-11-12(3-7)19-6-18-11/h1-5,15H,6H2,(H,16,17). The van der Waals surface area contributed by atoms with E-state index in [-0.39, 0.29) is 18.1 Å². The lowest BCUT2D eigenvalue weighted by Crippen LogP contribution is -1.98. The minimum Gasteiger partial charge on any atom is -0.505 e. The summed E-state index contributed by atoms with van der Waals surface area (Å²) < 4.78 is 10.4. The van der Waals surface area contributed by atoms with Crippen LogP contribution in [-0.2, 0) is 0 Å². The predicted molar refractivity (Wildman–Crippen MR) is 64.4 cm³/mol. The van der Waals surface area contributed by atoms with E-state index in [0.29, 0.717) is 22.8 Å². The summed E-state index contributed by atoms with van der Waals surface area (Å²) in [5, 5.41) is 18.4. The van der Waals surface area contributed by atoms with E-state index in [1.807, 2.05) is 0 Å². The van der Waals surface area contributed by atoms with Gasteiger partial charge in [0.15, 0.2) is 11.5 Å². The van der Waals surface area contributed by atoms with Crippen molar-refractivity contribution in [3.8, 4) is 28.5 Å². The van der Waals surface area contributed by atoms with Crippen molar-refractivity contribution in [1.29, 1.82) is 0 Å². The average Bonchev–Trinajstić information content (AvgIpc) is 2.86. The van der Waals surface area contributed by atoms with Gasteiger partial charge in [-0.3, -0.25) is 4.98 Å². The van der Waals surface area contributed by atoms with Gasteiger partial charge in [-0.25, -0.2) is 4.79 Å². The Bertz CT molecular complexity index is 668. The number of pyridine rings is 1. The molecule has 6 nitrogen and oxygen atoms in total. The van der Waals surface area contributed by atoms with E-state index in [2.05, 4.69) is 4.98 Å². The Labute approximate surface area is 107 Å². The highest BCUT2D eigenvalue weighted by atomic mass is 16.7. The third-order valence-electron chi connectivity index (χ3n) is 2.78. The molecule has 0 atom stereocenters. The fourth-order valence-corrected chi connectivity index (χ4v) is 1.83. The lowest BCUT2D eigenvalue weighted by atomic mass is 10.1. The Kier molecular flexibility index (Phi) is 2.49.